The molecule has 1 N–H and O–H groups in total. The van der Waals surface area contributed by atoms with Crippen LogP contribution in [0, 0.1) is 0 Å². The summed E-state index contributed by atoms with van der Waals surface area (Å²) in [5.41, 5.74) is 0. The van der Waals surface area contributed by atoms with Crippen LogP contribution in [0.1, 0.15) is 103 Å². The largest absolute Gasteiger partial charge is 1.00 e. The summed E-state index contributed by atoms with van der Waals surface area (Å²) in [6, 6.07) is 0. The van der Waals surface area contributed by atoms with E-state index >= 15 is 0 Å². The third-order valence-corrected chi connectivity index (χ3v) is 5.02. The van der Waals surface area contributed by atoms with Crippen molar-refractivity contribution in [1.82, 2.24) is 0 Å². The van der Waals surface area contributed by atoms with Crippen molar-refractivity contribution in [3.05, 3.63) is 0 Å². The van der Waals surface area contributed by atoms with E-state index in [9.17, 15) is 4.79 Å². The lowest BCUT2D eigenvalue weighted by atomic mass is 10.1. The Bertz CT molecular complexity index is 296. The zero-order valence-electron chi connectivity index (χ0n) is 17.2. The van der Waals surface area contributed by atoms with Gasteiger partial charge >= 0.3 is 5.97 Å². The summed E-state index contributed by atoms with van der Waals surface area (Å²) >= 11 is 0. The van der Waals surface area contributed by atoms with E-state index in [1.807, 2.05) is 0 Å². The first-order chi connectivity index (χ1) is 11.5. The summed E-state index contributed by atoms with van der Waals surface area (Å²) in [6.07, 6.45) is 18.5. The van der Waals surface area contributed by atoms with E-state index in [4.69, 9.17) is 5.11 Å². The highest BCUT2D eigenvalue weighted by Crippen LogP contribution is 2.12. The first-order valence-electron chi connectivity index (χ1n) is 10.5. The van der Waals surface area contributed by atoms with Crippen LogP contribution in [0.15, 0.2) is 0 Å². The van der Waals surface area contributed by atoms with Gasteiger partial charge in [-0.1, -0.05) is 64.7 Å². The van der Waals surface area contributed by atoms with Gasteiger partial charge in [-0.2, -0.15) is 0 Å². The third-order valence-electron chi connectivity index (χ3n) is 5.02. The van der Waals surface area contributed by atoms with E-state index in [-0.39, 0.29) is 17.0 Å². The number of quaternary nitrogens is 1. The fourth-order valence-electron chi connectivity index (χ4n) is 3.31. The molecule has 0 unspecified atom stereocenters. The van der Waals surface area contributed by atoms with Gasteiger partial charge in [0.05, 0.1) is 27.2 Å². The van der Waals surface area contributed by atoms with Crippen molar-refractivity contribution in [3.63, 3.8) is 0 Å². The zero-order chi connectivity index (χ0) is 18.1. The molecule has 0 aromatic heterocycles. The second-order valence-corrected chi connectivity index (χ2v) is 8.12. The predicted molar refractivity (Wildman–Crippen MR) is 104 cm³/mol. The molecule has 0 heterocycles. The van der Waals surface area contributed by atoms with Gasteiger partial charge in [0.25, 0.3) is 0 Å². The van der Waals surface area contributed by atoms with Crippen LogP contribution in [0.25, 0.3) is 0 Å². The van der Waals surface area contributed by atoms with Crippen molar-refractivity contribution in [2.45, 2.75) is 103 Å². The summed E-state index contributed by atoms with van der Waals surface area (Å²) < 4.78 is 1.18. The summed E-state index contributed by atoms with van der Waals surface area (Å²) in [7, 11) is 4.77. The maximum Gasteiger partial charge on any atom is 0.303 e. The van der Waals surface area contributed by atoms with E-state index in [0.717, 1.165) is 12.8 Å². The van der Waals surface area contributed by atoms with Crippen LogP contribution in [-0.4, -0.2) is 42.7 Å². The van der Waals surface area contributed by atoms with Crippen LogP contribution in [0.3, 0.4) is 0 Å². The number of halogens is 1. The van der Waals surface area contributed by atoms with Crippen molar-refractivity contribution in [1.29, 1.82) is 0 Å². The van der Waals surface area contributed by atoms with Gasteiger partial charge in [-0.15, -0.1) is 0 Å². The summed E-state index contributed by atoms with van der Waals surface area (Å²) in [4.78, 5) is 10.4. The zero-order valence-corrected chi connectivity index (χ0v) is 18.8. The van der Waals surface area contributed by atoms with Crippen LogP contribution in [0.4, 0.5) is 0 Å². The molecule has 0 saturated heterocycles. The fourth-order valence-corrected chi connectivity index (χ4v) is 3.31. The molecule has 0 radical (unpaired) electrons. The normalized spacial score (nSPS) is 11.3. The number of hydrogen-bond acceptors (Lipinski definition) is 1. The molecular formula is C21H44BrNO2. The van der Waals surface area contributed by atoms with Gasteiger partial charge in [0, 0.05) is 6.42 Å². The van der Waals surface area contributed by atoms with Gasteiger partial charge in [0.1, 0.15) is 0 Å². The Kier molecular flexibility index (Phi) is 20.3. The molecule has 0 spiro atoms. The first-order valence-corrected chi connectivity index (χ1v) is 10.5. The van der Waals surface area contributed by atoms with Crippen LogP contribution >= 0.6 is 0 Å². The summed E-state index contributed by atoms with van der Waals surface area (Å²) in [6.45, 7) is 4.92. The minimum atomic E-state index is -0.656. The molecule has 0 fully saturated rings. The Balaban J connectivity index is 0. The number of carbonyl (C=O) groups is 1. The number of nitrogens with zero attached hydrogens (tertiary/aromatic N) is 1. The molecule has 0 aliphatic carbocycles. The smallest absolute Gasteiger partial charge is 0.303 e. The lowest BCUT2D eigenvalue weighted by molar-refractivity contribution is -0.890. The summed E-state index contributed by atoms with van der Waals surface area (Å²) in [5.74, 6) is -0.656. The first kappa shape index (κ1) is 27.1. The van der Waals surface area contributed by atoms with E-state index < -0.39 is 5.97 Å². The third kappa shape index (κ3) is 21.9. The van der Waals surface area contributed by atoms with E-state index in [0.29, 0.717) is 6.42 Å². The predicted octanol–water partition coefficient (Wildman–Crippen LogP) is 3.02. The molecule has 0 atom stereocenters. The van der Waals surface area contributed by atoms with Gasteiger partial charge in [0.2, 0.25) is 0 Å². The van der Waals surface area contributed by atoms with E-state index in [1.54, 1.807) is 0 Å². The number of carboxylic acid groups (broad SMARTS) is 1. The fraction of sp³-hybridized carbons (Fsp3) is 0.952. The van der Waals surface area contributed by atoms with Crippen molar-refractivity contribution >= 4 is 5.97 Å². The van der Waals surface area contributed by atoms with Crippen LogP contribution in [0.5, 0.6) is 0 Å². The maximum atomic E-state index is 10.4. The molecule has 4 heteroatoms. The molecule has 152 valence electrons. The lowest BCUT2D eigenvalue weighted by Crippen LogP contribution is -3.00. The highest BCUT2D eigenvalue weighted by molar-refractivity contribution is 5.66. The average molecular weight is 422 g/mol. The Hall–Kier alpha value is -0.0900. The number of hydrogen-bond donors (Lipinski definition) is 1. The standard InChI is InChI=1S/C21H43NO2.BrH/c1-4-5-6-7-13-16-19-22(2,3)20-17-14-11-9-8-10-12-15-18-21(23)24;/h4-20H2,1-3H3;1H. The number of unbranched alkanes of at least 4 members (excludes halogenated alkanes) is 12. The Labute approximate surface area is 167 Å². The molecule has 0 aliphatic rings. The van der Waals surface area contributed by atoms with Crippen molar-refractivity contribution in [2.75, 3.05) is 27.2 Å². The molecular weight excluding hydrogens is 378 g/mol. The molecule has 0 rings (SSSR count). The second-order valence-electron chi connectivity index (χ2n) is 8.12. The topological polar surface area (TPSA) is 37.3 Å². The summed E-state index contributed by atoms with van der Waals surface area (Å²) in [5, 5.41) is 8.58. The number of carboxylic acids is 1. The Morgan fingerprint density at radius 1 is 0.680 bits per heavy atom. The second kappa shape index (κ2) is 18.7. The van der Waals surface area contributed by atoms with Crippen molar-refractivity contribution in [2.24, 2.45) is 0 Å². The Morgan fingerprint density at radius 3 is 1.44 bits per heavy atom. The highest BCUT2D eigenvalue weighted by atomic mass is 79.9. The molecule has 0 saturated carbocycles. The minimum absolute atomic E-state index is 0. The van der Waals surface area contributed by atoms with Crippen LogP contribution < -0.4 is 17.0 Å². The molecule has 0 bridgehead atoms. The quantitative estimate of drug-likeness (QED) is 0.272. The minimum Gasteiger partial charge on any atom is -1.00 e. The lowest BCUT2D eigenvalue weighted by Gasteiger charge is -2.30. The highest BCUT2D eigenvalue weighted by Gasteiger charge is 2.13. The van der Waals surface area contributed by atoms with Gasteiger partial charge < -0.3 is 26.6 Å². The number of rotatable bonds is 18. The van der Waals surface area contributed by atoms with Crippen LogP contribution in [-0.2, 0) is 4.79 Å². The van der Waals surface area contributed by atoms with E-state index in [1.165, 1.54) is 94.6 Å². The van der Waals surface area contributed by atoms with Crippen molar-refractivity contribution in [3.8, 4) is 0 Å². The van der Waals surface area contributed by atoms with Gasteiger partial charge in [-0.25, -0.2) is 0 Å². The Morgan fingerprint density at radius 2 is 1.04 bits per heavy atom. The van der Waals surface area contributed by atoms with Crippen LogP contribution in [0.2, 0.25) is 0 Å². The molecule has 0 aromatic rings. The molecule has 25 heavy (non-hydrogen) atoms. The monoisotopic (exact) mass is 421 g/mol. The SMILES string of the molecule is CCCCCCCC[N+](C)(C)CCCCCCCCCCC(=O)O.[Br-]. The number of aliphatic carboxylic acids is 1. The molecule has 0 amide bonds. The molecule has 3 nitrogen and oxygen atoms in total. The van der Waals surface area contributed by atoms with Crippen molar-refractivity contribution < 1.29 is 31.4 Å². The van der Waals surface area contributed by atoms with E-state index in [2.05, 4.69) is 21.0 Å². The molecule has 0 aliphatic heterocycles. The van der Waals surface area contributed by atoms with Gasteiger partial charge in [-0.3, -0.25) is 4.79 Å². The maximum absolute atomic E-state index is 10.4. The molecule has 0 aromatic carbocycles. The van der Waals surface area contributed by atoms with Gasteiger partial charge in [-0.05, 0) is 32.1 Å². The average Bonchev–Trinajstić information content (AvgIpc) is 2.52. The van der Waals surface area contributed by atoms with Gasteiger partial charge in [0.15, 0.2) is 0 Å².